The molecule has 3 aromatic rings. The molecule has 10 heteroatoms. The van der Waals surface area contributed by atoms with Gasteiger partial charge in [0.25, 0.3) is 10.0 Å². The third-order valence-electron chi connectivity index (χ3n) is 4.34. The standard InChI is InChI=1S/C21H18F3N3O3S/c1-15-8-10-16(11-9-15)27(31(29,30)17-5-4-12-25-13-17)14-20(28)26-19-7-3-2-6-18(19)21(22,23)24/h2-13H,14H2,1H3,(H,26,28). The molecule has 162 valence electrons. The smallest absolute Gasteiger partial charge is 0.324 e. The molecule has 1 N–H and O–H groups in total. The summed E-state index contributed by atoms with van der Waals surface area (Å²) in [5.41, 5.74) is -0.428. The van der Waals surface area contributed by atoms with Gasteiger partial charge in [0.05, 0.1) is 16.9 Å². The van der Waals surface area contributed by atoms with Crippen LogP contribution in [0.3, 0.4) is 0 Å². The van der Waals surface area contributed by atoms with E-state index in [1.165, 1.54) is 42.6 Å². The predicted octanol–water partition coefficient (Wildman–Crippen LogP) is 4.24. The molecule has 0 unspecified atom stereocenters. The van der Waals surface area contributed by atoms with Crippen LogP contribution in [0.4, 0.5) is 24.5 Å². The van der Waals surface area contributed by atoms with Gasteiger partial charge in [-0.3, -0.25) is 14.1 Å². The molecule has 2 aromatic carbocycles. The molecule has 0 atom stereocenters. The highest BCUT2D eigenvalue weighted by atomic mass is 32.2. The van der Waals surface area contributed by atoms with Crippen molar-refractivity contribution in [1.82, 2.24) is 4.98 Å². The molecule has 0 saturated heterocycles. The highest BCUT2D eigenvalue weighted by Crippen LogP contribution is 2.34. The number of pyridine rings is 1. The Hall–Kier alpha value is -3.40. The molecule has 0 spiro atoms. The summed E-state index contributed by atoms with van der Waals surface area (Å²) in [7, 11) is -4.21. The lowest BCUT2D eigenvalue weighted by Gasteiger charge is -2.24. The van der Waals surface area contributed by atoms with Gasteiger partial charge >= 0.3 is 6.18 Å². The summed E-state index contributed by atoms with van der Waals surface area (Å²) in [5, 5.41) is 2.17. The predicted molar refractivity (Wildman–Crippen MR) is 110 cm³/mol. The molecule has 31 heavy (non-hydrogen) atoms. The van der Waals surface area contributed by atoms with Crippen molar-refractivity contribution in [3.05, 3.63) is 84.2 Å². The van der Waals surface area contributed by atoms with Gasteiger partial charge in [0, 0.05) is 12.4 Å². The summed E-state index contributed by atoms with van der Waals surface area (Å²) >= 11 is 0. The number of nitrogens with zero attached hydrogens (tertiary/aromatic N) is 2. The quantitative estimate of drug-likeness (QED) is 0.611. The summed E-state index contributed by atoms with van der Waals surface area (Å²) < 4.78 is 66.8. The minimum Gasteiger partial charge on any atom is -0.324 e. The van der Waals surface area contributed by atoms with Crippen LogP contribution in [-0.2, 0) is 21.0 Å². The van der Waals surface area contributed by atoms with Crippen molar-refractivity contribution in [2.24, 2.45) is 0 Å². The second kappa shape index (κ2) is 8.76. The van der Waals surface area contributed by atoms with Crippen LogP contribution in [-0.4, -0.2) is 25.9 Å². The second-order valence-corrected chi connectivity index (χ2v) is 8.49. The van der Waals surface area contributed by atoms with E-state index in [9.17, 15) is 26.4 Å². The first kappa shape index (κ1) is 22.3. The maximum atomic E-state index is 13.2. The number of nitrogens with one attached hydrogen (secondary N) is 1. The molecule has 0 aliphatic heterocycles. The van der Waals surface area contributed by atoms with E-state index >= 15 is 0 Å². The van der Waals surface area contributed by atoms with Crippen molar-refractivity contribution in [2.45, 2.75) is 18.0 Å². The van der Waals surface area contributed by atoms with E-state index in [2.05, 4.69) is 10.3 Å². The fourth-order valence-corrected chi connectivity index (χ4v) is 4.20. The largest absolute Gasteiger partial charge is 0.418 e. The maximum Gasteiger partial charge on any atom is 0.418 e. The van der Waals surface area contributed by atoms with Crippen molar-refractivity contribution in [3.8, 4) is 0 Å². The molecular formula is C21H18F3N3O3S. The van der Waals surface area contributed by atoms with E-state index in [1.54, 1.807) is 12.1 Å². The topological polar surface area (TPSA) is 79.4 Å². The zero-order valence-corrected chi connectivity index (χ0v) is 17.1. The average Bonchev–Trinajstić information content (AvgIpc) is 2.73. The maximum absolute atomic E-state index is 13.2. The normalized spacial score (nSPS) is 11.7. The summed E-state index contributed by atoms with van der Waals surface area (Å²) in [6.07, 6.45) is -2.15. The van der Waals surface area contributed by atoms with Crippen LogP contribution >= 0.6 is 0 Å². The van der Waals surface area contributed by atoms with Gasteiger partial charge in [0.1, 0.15) is 11.4 Å². The fraction of sp³-hybridized carbons (Fsp3) is 0.143. The lowest BCUT2D eigenvalue weighted by Crippen LogP contribution is -2.38. The molecular weight excluding hydrogens is 431 g/mol. The van der Waals surface area contributed by atoms with Crippen LogP contribution in [0.15, 0.2) is 78.0 Å². The number of carbonyl (C=O) groups excluding carboxylic acids is 1. The van der Waals surface area contributed by atoms with Crippen LogP contribution in [0.1, 0.15) is 11.1 Å². The molecule has 0 aliphatic rings. The number of rotatable bonds is 6. The number of halogens is 3. The number of hydrogen-bond acceptors (Lipinski definition) is 4. The molecule has 1 amide bonds. The Balaban J connectivity index is 1.95. The van der Waals surface area contributed by atoms with Crippen LogP contribution in [0.2, 0.25) is 0 Å². The lowest BCUT2D eigenvalue weighted by atomic mass is 10.1. The molecule has 6 nitrogen and oxygen atoms in total. The van der Waals surface area contributed by atoms with Crippen molar-refractivity contribution < 1.29 is 26.4 Å². The first-order valence-corrected chi connectivity index (χ1v) is 10.5. The molecule has 1 heterocycles. The number of sulfonamides is 1. The van der Waals surface area contributed by atoms with Gasteiger partial charge in [-0.15, -0.1) is 0 Å². The third-order valence-corrected chi connectivity index (χ3v) is 6.10. The number of benzene rings is 2. The first-order chi connectivity index (χ1) is 14.6. The molecule has 0 bridgehead atoms. The van der Waals surface area contributed by atoms with Gasteiger partial charge < -0.3 is 5.32 Å². The SMILES string of the molecule is Cc1ccc(N(CC(=O)Nc2ccccc2C(F)(F)F)S(=O)(=O)c2cccnc2)cc1. The van der Waals surface area contributed by atoms with Gasteiger partial charge in [0.2, 0.25) is 5.91 Å². The number of alkyl halides is 3. The number of hydrogen-bond donors (Lipinski definition) is 1. The fourth-order valence-electron chi connectivity index (χ4n) is 2.81. The van der Waals surface area contributed by atoms with Gasteiger partial charge in [0.15, 0.2) is 0 Å². The van der Waals surface area contributed by atoms with Crippen LogP contribution in [0.5, 0.6) is 0 Å². The van der Waals surface area contributed by atoms with E-state index in [4.69, 9.17) is 0 Å². The Kier molecular flexibility index (Phi) is 6.30. The van der Waals surface area contributed by atoms with E-state index in [-0.39, 0.29) is 10.6 Å². The molecule has 1 aromatic heterocycles. The molecule has 3 rings (SSSR count). The number of anilines is 2. The van der Waals surface area contributed by atoms with Gasteiger partial charge in [-0.2, -0.15) is 13.2 Å². The van der Waals surface area contributed by atoms with E-state index in [1.807, 2.05) is 6.92 Å². The highest BCUT2D eigenvalue weighted by Gasteiger charge is 2.34. The van der Waals surface area contributed by atoms with E-state index in [0.717, 1.165) is 28.2 Å². The average molecular weight is 449 g/mol. The van der Waals surface area contributed by atoms with Crippen molar-refractivity contribution in [1.29, 1.82) is 0 Å². The first-order valence-electron chi connectivity index (χ1n) is 9.04. The minimum atomic E-state index is -4.68. The Morgan fingerprint density at radius 1 is 1.03 bits per heavy atom. The summed E-state index contributed by atoms with van der Waals surface area (Å²) in [5.74, 6) is -0.926. The van der Waals surface area contributed by atoms with Gasteiger partial charge in [-0.1, -0.05) is 29.8 Å². The summed E-state index contributed by atoms with van der Waals surface area (Å²) in [6, 6.07) is 13.6. The zero-order valence-electron chi connectivity index (χ0n) is 16.3. The second-order valence-electron chi connectivity index (χ2n) is 6.63. The number of para-hydroxylation sites is 1. The van der Waals surface area contributed by atoms with Crippen molar-refractivity contribution >= 4 is 27.3 Å². The number of aromatic nitrogens is 1. The van der Waals surface area contributed by atoms with Gasteiger partial charge in [-0.05, 0) is 43.3 Å². The highest BCUT2D eigenvalue weighted by molar-refractivity contribution is 7.92. The molecule has 0 radical (unpaired) electrons. The van der Waals surface area contributed by atoms with E-state index in [0.29, 0.717) is 0 Å². The lowest BCUT2D eigenvalue weighted by molar-refractivity contribution is -0.137. The van der Waals surface area contributed by atoms with Crippen LogP contribution in [0, 0.1) is 6.92 Å². The number of aryl methyl sites for hydroxylation is 1. The van der Waals surface area contributed by atoms with Gasteiger partial charge in [-0.25, -0.2) is 8.42 Å². The summed E-state index contributed by atoms with van der Waals surface area (Å²) in [6.45, 7) is 1.08. The van der Waals surface area contributed by atoms with Crippen molar-refractivity contribution in [3.63, 3.8) is 0 Å². The zero-order chi connectivity index (χ0) is 22.6. The van der Waals surface area contributed by atoms with Crippen LogP contribution < -0.4 is 9.62 Å². The Morgan fingerprint density at radius 3 is 2.32 bits per heavy atom. The minimum absolute atomic E-state index is 0.154. The molecule has 0 saturated carbocycles. The third kappa shape index (κ3) is 5.21. The molecule has 0 aliphatic carbocycles. The number of amides is 1. The van der Waals surface area contributed by atoms with Crippen molar-refractivity contribution in [2.75, 3.05) is 16.2 Å². The molecule has 0 fully saturated rings. The summed E-state index contributed by atoms with van der Waals surface area (Å²) in [4.78, 5) is 16.3. The Labute approximate surface area is 177 Å². The Morgan fingerprint density at radius 2 is 1.71 bits per heavy atom. The Bertz CT molecular complexity index is 1170. The number of carbonyl (C=O) groups is 1. The van der Waals surface area contributed by atoms with Crippen LogP contribution in [0.25, 0.3) is 0 Å². The monoisotopic (exact) mass is 449 g/mol. The van der Waals surface area contributed by atoms with E-state index < -0.39 is 39.9 Å².